The summed E-state index contributed by atoms with van der Waals surface area (Å²) in [6.07, 6.45) is 1.48. The molecule has 0 saturated heterocycles. The van der Waals surface area contributed by atoms with E-state index < -0.39 is 15.9 Å². The molecule has 0 bridgehead atoms. The molecule has 104 valence electrons. The topological polar surface area (TPSA) is 93.9 Å². The summed E-state index contributed by atoms with van der Waals surface area (Å²) < 4.78 is 24.2. The van der Waals surface area contributed by atoms with Gasteiger partial charge in [0.1, 0.15) is 5.52 Å². The lowest BCUT2D eigenvalue weighted by atomic mass is 10.1. The van der Waals surface area contributed by atoms with E-state index >= 15 is 0 Å². The van der Waals surface area contributed by atoms with E-state index in [2.05, 4.69) is 15.6 Å². The van der Waals surface area contributed by atoms with E-state index in [1.165, 1.54) is 6.08 Å². The Bertz CT molecular complexity index is 822. The van der Waals surface area contributed by atoms with E-state index in [-0.39, 0.29) is 11.7 Å². The van der Waals surface area contributed by atoms with Crippen LogP contribution in [0.25, 0.3) is 11.0 Å². The average Bonchev–Trinajstić information content (AvgIpc) is 2.92. The molecule has 1 aromatic carbocycles. The molecule has 1 aliphatic heterocycles. The third-order valence-electron chi connectivity index (χ3n) is 3.12. The Labute approximate surface area is 115 Å². The Hall–Kier alpha value is -2.22. The Morgan fingerprint density at radius 3 is 2.95 bits per heavy atom. The van der Waals surface area contributed by atoms with Crippen molar-refractivity contribution in [3.05, 3.63) is 35.2 Å². The van der Waals surface area contributed by atoms with Crippen molar-refractivity contribution in [3.8, 4) is 0 Å². The van der Waals surface area contributed by atoms with Gasteiger partial charge in [0.05, 0.1) is 17.3 Å². The zero-order valence-electron chi connectivity index (χ0n) is 10.6. The third kappa shape index (κ3) is 2.29. The zero-order valence-corrected chi connectivity index (χ0v) is 11.5. The van der Waals surface area contributed by atoms with Gasteiger partial charge in [0, 0.05) is 18.0 Å². The molecule has 1 atom stereocenters. The number of aromatic nitrogens is 3. The van der Waals surface area contributed by atoms with Crippen molar-refractivity contribution >= 4 is 26.8 Å². The van der Waals surface area contributed by atoms with Crippen LogP contribution in [0.4, 0.5) is 0 Å². The van der Waals surface area contributed by atoms with Gasteiger partial charge < -0.3 is 5.32 Å². The first kappa shape index (κ1) is 12.8. The van der Waals surface area contributed by atoms with Crippen LogP contribution in [0, 0.1) is 0 Å². The van der Waals surface area contributed by atoms with Crippen molar-refractivity contribution in [3.63, 3.8) is 0 Å². The number of rotatable bonds is 2. The van der Waals surface area contributed by atoms with E-state index in [4.69, 9.17) is 0 Å². The highest BCUT2D eigenvalue weighted by Crippen LogP contribution is 2.14. The van der Waals surface area contributed by atoms with Crippen LogP contribution in [-0.2, 0) is 16.9 Å². The lowest BCUT2D eigenvalue weighted by molar-refractivity contribution is 0.0948. The number of sulfone groups is 1. The summed E-state index contributed by atoms with van der Waals surface area (Å²) in [5.74, 6) is -0.420. The van der Waals surface area contributed by atoms with Gasteiger partial charge in [-0.3, -0.25) is 4.79 Å². The number of hydrogen-bond acceptors (Lipinski definition) is 5. The van der Waals surface area contributed by atoms with Gasteiger partial charge in [-0.15, -0.1) is 5.10 Å². The number of nitrogens with zero attached hydrogens (tertiary/aromatic N) is 3. The molecular formula is C12H12N4O3S. The van der Waals surface area contributed by atoms with E-state index in [0.717, 1.165) is 10.9 Å². The minimum atomic E-state index is -3.18. The highest BCUT2D eigenvalue weighted by molar-refractivity contribution is 7.94. The fourth-order valence-electron chi connectivity index (χ4n) is 2.10. The van der Waals surface area contributed by atoms with Gasteiger partial charge >= 0.3 is 0 Å². The Morgan fingerprint density at radius 2 is 2.25 bits per heavy atom. The molecule has 8 heteroatoms. The summed E-state index contributed by atoms with van der Waals surface area (Å²) in [6, 6.07) is 4.56. The Balaban J connectivity index is 1.81. The number of amides is 1. The number of carbonyl (C=O) groups is 1. The fourth-order valence-corrected chi connectivity index (χ4v) is 3.33. The van der Waals surface area contributed by atoms with Gasteiger partial charge in [-0.05, 0) is 24.3 Å². The summed E-state index contributed by atoms with van der Waals surface area (Å²) in [4.78, 5) is 12.1. The van der Waals surface area contributed by atoms with E-state index in [9.17, 15) is 13.2 Å². The second kappa shape index (κ2) is 4.41. The summed E-state index contributed by atoms with van der Waals surface area (Å²) in [5.41, 5.74) is 1.87. The van der Waals surface area contributed by atoms with E-state index in [1.54, 1.807) is 29.9 Å². The zero-order chi connectivity index (χ0) is 14.3. The molecule has 2 heterocycles. The minimum absolute atomic E-state index is 0.0911. The maximum Gasteiger partial charge on any atom is 0.251 e. The van der Waals surface area contributed by atoms with E-state index in [0.29, 0.717) is 11.1 Å². The van der Waals surface area contributed by atoms with Crippen LogP contribution in [0.5, 0.6) is 0 Å². The van der Waals surface area contributed by atoms with Gasteiger partial charge in [0.25, 0.3) is 5.91 Å². The number of nitrogens with one attached hydrogen (secondary N) is 1. The molecule has 1 N–H and O–H groups in total. The van der Waals surface area contributed by atoms with Crippen molar-refractivity contribution < 1.29 is 13.2 Å². The number of benzene rings is 1. The third-order valence-corrected chi connectivity index (χ3v) is 4.51. The van der Waals surface area contributed by atoms with Crippen LogP contribution in [0.1, 0.15) is 10.4 Å². The molecule has 1 amide bonds. The fraction of sp³-hybridized carbons (Fsp3) is 0.250. The maximum absolute atomic E-state index is 12.1. The number of fused-ring (bicyclic) bond motifs is 1. The summed E-state index contributed by atoms with van der Waals surface area (Å²) >= 11 is 0. The first-order valence-electron chi connectivity index (χ1n) is 5.96. The Kier molecular flexibility index (Phi) is 2.82. The first-order valence-corrected chi connectivity index (χ1v) is 7.67. The second-order valence-corrected chi connectivity index (χ2v) is 6.59. The highest BCUT2D eigenvalue weighted by atomic mass is 32.2. The summed E-state index contributed by atoms with van der Waals surface area (Å²) in [5, 5.41) is 11.6. The van der Waals surface area contributed by atoms with Crippen LogP contribution in [0.3, 0.4) is 0 Å². The normalized spacial score (nSPS) is 20.4. The standard InChI is InChI=1S/C12H12N4O3S/c1-16-11-3-2-8(6-10(11)14-15-16)12(17)13-9-4-5-20(18,19)7-9/h2-6,9H,7H2,1H3,(H,13,17)/t9-/m0/s1. The predicted octanol–water partition coefficient (Wildman–Crippen LogP) is 0.00880. The molecule has 0 unspecified atom stereocenters. The quantitative estimate of drug-likeness (QED) is 0.841. The van der Waals surface area contributed by atoms with Gasteiger partial charge in [-0.1, -0.05) is 5.21 Å². The monoisotopic (exact) mass is 292 g/mol. The second-order valence-electron chi connectivity index (χ2n) is 4.65. The molecule has 3 rings (SSSR count). The largest absolute Gasteiger partial charge is 0.345 e. The Morgan fingerprint density at radius 1 is 1.45 bits per heavy atom. The molecule has 0 radical (unpaired) electrons. The molecule has 1 aromatic heterocycles. The van der Waals surface area contributed by atoms with Crippen LogP contribution in [0.2, 0.25) is 0 Å². The minimum Gasteiger partial charge on any atom is -0.345 e. The predicted molar refractivity (Wildman–Crippen MR) is 72.7 cm³/mol. The first-order chi connectivity index (χ1) is 9.44. The number of hydrogen-bond donors (Lipinski definition) is 1. The molecule has 20 heavy (non-hydrogen) atoms. The molecule has 0 spiro atoms. The summed E-state index contributed by atoms with van der Waals surface area (Å²) in [6.45, 7) is 0. The van der Waals surface area contributed by atoms with Gasteiger partial charge in [-0.25, -0.2) is 13.1 Å². The molecule has 0 aliphatic carbocycles. The lowest BCUT2D eigenvalue weighted by Gasteiger charge is -2.09. The van der Waals surface area contributed by atoms with Crippen LogP contribution in [0.15, 0.2) is 29.7 Å². The molecule has 7 nitrogen and oxygen atoms in total. The molecular weight excluding hydrogens is 280 g/mol. The average molecular weight is 292 g/mol. The smallest absolute Gasteiger partial charge is 0.251 e. The molecule has 1 aliphatic rings. The molecule has 0 fully saturated rings. The van der Waals surface area contributed by atoms with Gasteiger partial charge in [0.15, 0.2) is 9.84 Å². The van der Waals surface area contributed by atoms with Crippen molar-refractivity contribution in [2.75, 3.05) is 5.75 Å². The van der Waals surface area contributed by atoms with Crippen LogP contribution < -0.4 is 5.32 Å². The van der Waals surface area contributed by atoms with Crippen molar-refractivity contribution in [2.45, 2.75) is 6.04 Å². The lowest BCUT2D eigenvalue weighted by Crippen LogP contribution is -2.35. The molecule has 0 saturated carbocycles. The summed E-state index contributed by atoms with van der Waals surface area (Å²) in [7, 11) is -1.41. The molecule has 2 aromatic rings. The van der Waals surface area contributed by atoms with Crippen molar-refractivity contribution in [2.24, 2.45) is 7.05 Å². The van der Waals surface area contributed by atoms with E-state index in [1.807, 2.05) is 0 Å². The highest BCUT2D eigenvalue weighted by Gasteiger charge is 2.23. The SMILES string of the molecule is Cn1nnc2cc(C(=O)N[C@H]3C=CS(=O)(=O)C3)ccc21. The van der Waals surface area contributed by atoms with Gasteiger partial charge in [-0.2, -0.15) is 0 Å². The number of carbonyl (C=O) groups excluding carboxylic acids is 1. The van der Waals surface area contributed by atoms with Crippen LogP contribution in [-0.4, -0.2) is 41.1 Å². The number of aryl methyl sites for hydroxylation is 1. The van der Waals surface area contributed by atoms with Gasteiger partial charge in [0.2, 0.25) is 0 Å². The van der Waals surface area contributed by atoms with Crippen molar-refractivity contribution in [1.29, 1.82) is 0 Å². The maximum atomic E-state index is 12.1. The van der Waals surface area contributed by atoms with Crippen LogP contribution >= 0.6 is 0 Å². The van der Waals surface area contributed by atoms with Crippen molar-refractivity contribution in [1.82, 2.24) is 20.3 Å².